The molecule has 3 aromatic heterocycles. The van der Waals surface area contributed by atoms with Gasteiger partial charge in [0.2, 0.25) is 10.0 Å². The molecule has 6 rings (SSSR count). The monoisotopic (exact) mass is 680 g/mol. The summed E-state index contributed by atoms with van der Waals surface area (Å²) in [6.45, 7) is -1.22. The fourth-order valence-corrected chi connectivity index (χ4v) is 7.32. The van der Waals surface area contributed by atoms with E-state index in [-0.39, 0.29) is 41.7 Å². The van der Waals surface area contributed by atoms with E-state index < -0.39 is 40.4 Å². The highest BCUT2D eigenvalue weighted by Crippen LogP contribution is 2.46. The molecule has 0 radical (unpaired) electrons. The van der Waals surface area contributed by atoms with Crippen LogP contribution in [-0.4, -0.2) is 68.9 Å². The Morgan fingerprint density at radius 1 is 1.29 bits per heavy atom. The highest BCUT2D eigenvalue weighted by molar-refractivity contribution is 7.89. The van der Waals surface area contributed by atoms with E-state index in [2.05, 4.69) is 19.9 Å². The molecule has 4 aromatic rings. The first-order valence-corrected chi connectivity index (χ1v) is 16.3. The Morgan fingerprint density at radius 3 is 2.80 bits per heavy atom. The van der Waals surface area contributed by atoms with Crippen LogP contribution in [0.4, 0.5) is 13.2 Å². The van der Waals surface area contributed by atoms with Gasteiger partial charge >= 0.3 is 12.5 Å². The maximum atomic E-state index is 14.0. The zero-order valence-corrected chi connectivity index (χ0v) is 25.7. The van der Waals surface area contributed by atoms with Crippen molar-refractivity contribution in [2.75, 3.05) is 13.2 Å². The largest absolute Gasteiger partial charge is 0.465 e. The van der Waals surface area contributed by atoms with E-state index in [1.807, 2.05) is 0 Å². The van der Waals surface area contributed by atoms with Crippen LogP contribution in [-0.2, 0) is 26.1 Å². The van der Waals surface area contributed by atoms with Gasteiger partial charge in [-0.25, -0.2) is 27.2 Å². The fraction of sp³-hybridized carbons (Fsp3) is 0.296. The van der Waals surface area contributed by atoms with Gasteiger partial charge in [-0.2, -0.15) is 19.0 Å². The minimum atomic E-state index is -4.12. The number of hydrogen-bond acceptors (Lipinski definition) is 10. The highest BCUT2D eigenvalue weighted by Gasteiger charge is 2.42. The fourth-order valence-electron chi connectivity index (χ4n) is 5.23. The third-order valence-corrected chi connectivity index (χ3v) is 9.63. The molecule has 0 unspecified atom stereocenters. The second kappa shape index (κ2) is 12.4. The van der Waals surface area contributed by atoms with Crippen LogP contribution in [0.5, 0.6) is 0 Å². The number of aliphatic imine (C=N–C) groups is 1. The van der Waals surface area contributed by atoms with E-state index in [4.69, 9.17) is 21.3 Å². The quantitative estimate of drug-likeness (QED) is 0.246. The number of carbonyl (C=O) groups excluding carboxylic acids is 1. The molecule has 1 aromatic carbocycles. The number of carbonyl (C=O) groups is 1. The number of hydrogen-bond donors (Lipinski definition) is 1. The molecule has 0 aliphatic carbocycles. The molecule has 2 atom stereocenters. The first-order chi connectivity index (χ1) is 21.5. The van der Waals surface area contributed by atoms with Crippen molar-refractivity contribution in [1.29, 1.82) is 0 Å². The summed E-state index contributed by atoms with van der Waals surface area (Å²) in [6.07, 6.45) is 5.19. The van der Waals surface area contributed by atoms with E-state index >= 15 is 0 Å². The number of alkyl halides is 2. The Morgan fingerprint density at radius 2 is 2.11 bits per heavy atom. The van der Waals surface area contributed by atoms with Crippen molar-refractivity contribution in [3.05, 3.63) is 87.2 Å². The van der Waals surface area contributed by atoms with E-state index in [1.54, 1.807) is 23.4 Å². The van der Waals surface area contributed by atoms with E-state index in [0.717, 1.165) is 23.1 Å². The number of rotatable bonds is 10. The minimum absolute atomic E-state index is 0.0668. The smallest absolute Gasteiger partial charge is 0.333 e. The maximum absolute atomic E-state index is 14.0. The third kappa shape index (κ3) is 6.25. The molecular formula is C27H24ClF3N8O4S2. The summed E-state index contributed by atoms with van der Waals surface area (Å²) in [7, 11) is -4.12. The van der Waals surface area contributed by atoms with Crippen LogP contribution in [0.3, 0.4) is 0 Å². The molecule has 1 fully saturated rings. The molecule has 236 valence electrons. The van der Waals surface area contributed by atoms with E-state index in [0.29, 0.717) is 32.4 Å². The number of aromatic nitrogens is 5. The molecule has 1 saturated heterocycles. The number of amidine groups is 1. The average Bonchev–Trinajstić information content (AvgIpc) is 3.79. The summed E-state index contributed by atoms with van der Waals surface area (Å²) in [5.74, 6) is -0.725. The van der Waals surface area contributed by atoms with Gasteiger partial charge in [-0.15, -0.1) is 11.3 Å². The van der Waals surface area contributed by atoms with Gasteiger partial charge in [0.15, 0.2) is 10.8 Å². The molecule has 18 heteroatoms. The third-order valence-electron chi connectivity index (χ3n) is 7.06. The summed E-state index contributed by atoms with van der Waals surface area (Å²) >= 11 is 7.79. The van der Waals surface area contributed by atoms with Crippen molar-refractivity contribution in [2.24, 2.45) is 4.99 Å². The number of halogens is 4. The number of nitrogens with zero attached hydrogens (tertiary/aromatic N) is 7. The number of nitrogens with one attached hydrogen (secondary N) is 1. The Balaban J connectivity index is 1.40. The number of sulfonamides is 1. The van der Waals surface area contributed by atoms with Crippen molar-refractivity contribution >= 4 is 50.3 Å². The molecular weight excluding hydrogens is 657 g/mol. The minimum Gasteiger partial charge on any atom is -0.465 e. The predicted octanol–water partition coefficient (Wildman–Crippen LogP) is 4.25. The van der Waals surface area contributed by atoms with Crippen LogP contribution < -0.4 is 4.72 Å². The SMILES string of the molecule is CCOC(=O)Cn1cc(S(=O)(=O)N[C@H]2CC3=C(c4ccn(C(F)F)n4)[C@H](c4ccc(F)cc4Cl)N=C(c4nccs4)N3C2)cn1. The Kier molecular flexibility index (Phi) is 8.51. The van der Waals surface area contributed by atoms with Crippen molar-refractivity contribution in [1.82, 2.24) is 34.2 Å². The van der Waals surface area contributed by atoms with Gasteiger partial charge in [0.25, 0.3) is 0 Å². The van der Waals surface area contributed by atoms with Gasteiger partial charge in [-0.1, -0.05) is 17.7 Å². The first-order valence-electron chi connectivity index (χ1n) is 13.5. The second-order valence-corrected chi connectivity index (χ2v) is 13.0. The van der Waals surface area contributed by atoms with Gasteiger partial charge in [0, 0.05) is 64.8 Å². The number of thiazole rings is 1. The van der Waals surface area contributed by atoms with Gasteiger partial charge in [-0.05, 0) is 25.1 Å². The lowest BCUT2D eigenvalue weighted by Gasteiger charge is -2.32. The van der Waals surface area contributed by atoms with Crippen molar-refractivity contribution in [3.63, 3.8) is 0 Å². The predicted molar refractivity (Wildman–Crippen MR) is 157 cm³/mol. The lowest BCUT2D eigenvalue weighted by atomic mass is 9.92. The molecule has 5 heterocycles. The Labute approximate surface area is 263 Å². The molecule has 0 amide bonds. The Hall–Kier alpha value is -4.06. The molecule has 1 N–H and O–H groups in total. The van der Waals surface area contributed by atoms with Gasteiger partial charge in [0.05, 0.1) is 18.5 Å². The lowest BCUT2D eigenvalue weighted by Crippen LogP contribution is -2.39. The van der Waals surface area contributed by atoms with Crippen LogP contribution in [0.2, 0.25) is 5.02 Å². The first kappa shape index (κ1) is 30.9. The molecule has 12 nitrogen and oxygen atoms in total. The molecule has 2 aliphatic rings. The van der Waals surface area contributed by atoms with Crippen LogP contribution >= 0.6 is 22.9 Å². The molecule has 0 bridgehead atoms. The molecule has 45 heavy (non-hydrogen) atoms. The van der Waals surface area contributed by atoms with Crippen LogP contribution in [0.25, 0.3) is 5.57 Å². The lowest BCUT2D eigenvalue weighted by molar-refractivity contribution is -0.144. The van der Waals surface area contributed by atoms with Gasteiger partial charge in [-0.3, -0.25) is 14.5 Å². The Bertz CT molecular complexity index is 1910. The van der Waals surface area contributed by atoms with Crippen molar-refractivity contribution < 1.29 is 31.1 Å². The summed E-state index contributed by atoms with van der Waals surface area (Å²) in [5.41, 5.74) is 1.54. The summed E-state index contributed by atoms with van der Waals surface area (Å²) < 4.78 is 77.3. The number of ether oxygens (including phenoxy) is 1. The van der Waals surface area contributed by atoms with E-state index in [9.17, 15) is 26.4 Å². The van der Waals surface area contributed by atoms with Crippen LogP contribution in [0.1, 0.15) is 42.2 Å². The number of fused-ring (bicyclic) bond motifs is 1. The van der Waals surface area contributed by atoms with Crippen LogP contribution in [0.15, 0.2) is 70.0 Å². The molecule has 2 aliphatic heterocycles. The second-order valence-electron chi connectivity index (χ2n) is 9.99. The molecule has 0 spiro atoms. The zero-order valence-electron chi connectivity index (χ0n) is 23.3. The van der Waals surface area contributed by atoms with Crippen molar-refractivity contribution in [2.45, 2.75) is 43.4 Å². The standard InChI is InChI=1S/C27H24ClF3N8O4S2/c1-2-43-22(40)14-37-13-17(11-33-37)45(41,42)36-16-10-21-23(20-5-7-39(35-20)27(30)31)24(18-4-3-15(29)9-19(18)28)34-25(38(21)12-16)26-32-6-8-44-26/h3-9,11,13,16,24,27,36H,2,10,12,14H2,1H3/t16-,24-/m0/s1. The van der Waals surface area contributed by atoms with E-state index in [1.165, 1.54) is 35.7 Å². The van der Waals surface area contributed by atoms with Gasteiger partial charge < -0.3 is 9.64 Å². The normalized spacial score (nSPS) is 18.4. The maximum Gasteiger partial charge on any atom is 0.333 e. The zero-order chi connectivity index (χ0) is 31.9. The summed E-state index contributed by atoms with van der Waals surface area (Å²) in [6, 6.07) is 3.62. The topological polar surface area (TPSA) is 137 Å². The summed E-state index contributed by atoms with van der Waals surface area (Å²) in [5, 5.41) is 10.4. The highest BCUT2D eigenvalue weighted by atomic mass is 35.5. The van der Waals surface area contributed by atoms with Gasteiger partial charge in [0.1, 0.15) is 23.3 Å². The van der Waals surface area contributed by atoms with Crippen LogP contribution in [0, 0.1) is 5.82 Å². The van der Waals surface area contributed by atoms with Crippen molar-refractivity contribution in [3.8, 4) is 0 Å². The summed E-state index contributed by atoms with van der Waals surface area (Å²) in [4.78, 5) is 22.8. The average molecular weight is 681 g/mol. The molecule has 0 saturated carbocycles. The number of benzene rings is 1. The number of esters is 1.